The average Bonchev–Trinajstić information content (AvgIpc) is 3.17. The Morgan fingerprint density at radius 2 is 1.93 bits per heavy atom. The molecule has 0 saturated heterocycles. The van der Waals surface area contributed by atoms with Crippen LogP contribution in [0.3, 0.4) is 0 Å². The Kier molecular flexibility index (Phi) is 6.00. The maximum absolute atomic E-state index is 13.3. The normalized spacial score (nSPS) is 20.5. The lowest BCUT2D eigenvalue weighted by atomic mass is 9.81. The molecule has 1 aromatic carbocycles. The van der Waals surface area contributed by atoms with Crippen LogP contribution in [-0.2, 0) is 4.79 Å². The summed E-state index contributed by atoms with van der Waals surface area (Å²) in [6.45, 7) is 8.92. The van der Waals surface area contributed by atoms with Gasteiger partial charge in [-0.05, 0) is 42.3 Å². The van der Waals surface area contributed by atoms with Crippen LogP contribution >= 0.6 is 11.3 Å². The van der Waals surface area contributed by atoms with Crippen molar-refractivity contribution in [3.8, 4) is 0 Å². The largest absolute Gasteiger partial charge is 0.353 e. The summed E-state index contributed by atoms with van der Waals surface area (Å²) >= 11 is 1.61. The smallest absolute Gasteiger partial charge is 0.254 e. The third kappa shape index (κ3) is 3.93. The molecule has 2 heterocycles. The molecule has 1 aromatic heterocycles. The Morgan fingerprint density at radius 1 is 1.19 bits per heavy atom. The summed E-state index contributed by atoms with van der Waals surface area (Å²) < 4.78 is 0. The molecule has 0 unspecified atom stereocenters. The van der Waals surface area contributed by atoms with Crippen LogP contribution in [0.25, 0.3) is 0 Å². The summed E-state index contributed by atoms with van der Waals surface area (Å²) in [5.41, 5.74) is 1.48. The molecule has 3 rings (SSSR count). The van der Waals surface area contributed by atoms with E-state index in [1.165, 1.54) is 0 Å². The van der Waals surface area contributed by atoms with Gasteiger partial charge in [0.05, 0.1) is 12.0 Å². The zero-order valence-corrected chi connectivity index (χ0v) is 17.3. The van der Waals surface area contributed by atoms with Crippen molar-refractivity contribution < 1.29 is 9.59 Å². The number of benzene rings is 1. The number of carbonyl (C=O) groups excluding carboxylic acids is 2. The fourth-order valence-corrected chi connectivity index (χ4v) is 4.55. The van der Waals surface area contributed by atoms with Gasteiger partial charge in [0.25, 0.3) is 5.91 Å². The monoisotopic (exact) mass is 384 g/mol. The van der Waals surface area contributed by atoms with Crippen LogP contribution in [0.1, 0.15) is 66.9 Å². The SMILES string of the molecule is CC[C@H](C)NC(=O)[C@@H]1c2ccccc2C(=O)N(CC(C)C)[C@H]1c1cccs1. The van der Waals surface area contributed by atoms with E-state index in [9.17, 15) is 9.59 Å². The quantitative estimate of drug-likeness (QED) is 0.791. The van der Waals surface area contributed by atoms with E-state index in [2.05, 4.69) is 26.1 Å². The lowest BCUT2D eigenvalue weighted by molar-refractivity contribution is -0.124. The van der Waals surface area contributed by atoms with Crippen molar-refractivity contribution in [2.24, 2.45) is 5.92 Å². The Balaban J connectivity index is 2.13. The number of carbonyl (C=O) groups is 2. The van der Waals surface area contributed by atoms with Crippen molar-refractivity contribution in [1.29, 1.82) is 0 Å². The van der Waals surface area contributed by atoms with Gasteiger partial charge in [-0.1, -0.05) is 45.0 Å². The molecule has 0 radical (unpaired) electrons. The summed E-state index contributed by atoms with van der Waals surface area (Å²) in [4.78, 5) is 29.6. The first-order valence-electron chi connectivity index (χ1n) is 9.67. The zero-order valence-electron chi connectivity index (χ0n) is 16.4. The number of nitrogens with one attached hydrogen (secondary N) is 1. The summed E-state index contributed by atoms with van der Waals surface area (Å²) in [6.07, 6.45) is 0.873. The zero-order chi connectivity index (χ0) is 19.6. The molecule has 144 valence electrons. The molecular formula is C22H28N2O2S. The van der Waals surface area contributed by atoms with Crippen LogP contribution < -0.4 is 5.32 Å². The van der Waals surface area contributed by atoms with Crippen molar-refractivity contribution in [3.05, 3.63) is 57.8 Å². The topological polar surface area (TPSA) is 49.4 Å². The number of rotatable bonds is 6. The van der Waals surface area contributed by atoms with E-state index >= 15 is 0 Å². The van der Waals surface area contributed by atoms with Crippen LogP contribution in [0.5, 0.6) is 0 Å². The molecule has 2 aromatic rings. The Labute approximate surface area is 165 Å². The van der Waals surface area contributed by atoms with E-state index in [1.54, 1.807) is 11.3 Å². The van der Waals surface area contributed by atoms with E-state index in [0.29, 0.717) is 18.0 Å². The standard InChI is InChI=1S/C22H28N2O2S/c1-5-15(4)23-21(25)19-16-9-6-7-10-17(16)22(26)24(13-14(2)3)20(19)18-11-8-12-27-18/h6-12,14-15,19-20H,5,13H2,1-4H3,(H,23,25)/t15-,19+,20-/m0/s1. The van der Waals surface area contributed by atoms with Gasteiger partial charge in [-0.3, -0.25) is 9.59 Å². The van der Waals surface area contributed by atoms with Crippen LogP contribution in [-0.4, -0.2) is 29.3 Å². The van der Waals surface area contributed by atoms with Crippen molar-refractivity contribution in [2.45, 2.75) is 52.1 Å². The summed E-state index contributed by atoms with van der Waals surface area (Å²) in [6, 6.07) is 11.4. The van der Waals surface area contributed by atoms with E-state index < -0.39 is 5.92 Å². The van der Waals surface area contributed by atoms with Crippen molar-refractivity contribution in [2.75, 3.05) is 6.54 Å². The number of hydrogen-bond donors (Lipinski definition) is 1. The number of hydrogen-bond acceptors (Lipinski definition) is 3. The molecule has 1 aliphatic heterocycles. The summed E-state index contributed by atoms with van der Waals surface area (Å²) in [5, 5.41) is 5.16. The molecule has 4 nitrogen and oxygen atoms in total. The van der Waals surface area contributed by atoms with Gasteiger partial charge in [0.15, 0.2) is 0 Å². The maximum atomic E-state index is 13.3. The summed E-state index contributed by atoms with van der Waals surface area (Å²) in [7, 11) is 0. The van der Waals surface area contributed by atoms with Crippen molar-refractivity contribution >= 4 is 23.2 Å². The molecular weight excluding hydrogens is 356 g/mol. The van der Waals surface area contributed by atoms with Crippen LogP contribution in [0.4, 0.5) is 0 Å². The number of fused-ring (bicyclic) bond motifs is 1. The fraction of sp³-hybridized carbons (Fsp3) is 0.455. The highest BCUT2D eigenvalue weighted by atomic mass is 32.1. The van der Waals surface area contributed by atoms with Gasteiger partial charge in [-0.15, -0.1) is 11.3 Å². The first-order chi connectivity index (χ1) is 12.9. The van der Waals surface area contributed by atoms with Crippen LogP contribution in [0.2, 0.25) is 0 Å². The highest BCUT2D eigenvalue weighted by Gasteiger charge is 2.44. The molecule has 0 saturated carbocycles. The molecule has 2 amide bonds. The lowest BCUT2D eigenvalue weighted by Crippen LogP contribution is -2.49. The minimum Gasteiger partial charge on any atom is -0.353 e. The highest BCUT2D eigenvalue weighted by Crippen LogP contribution is 2.44. The fourth-order valence-electron chi connectivity index (χ4n) is 3.68. The molecule has 0 aliphatic carbocycles. The van der Waals surface area contributed by atoms with Gasteiger partial charge in [0.2, 0.25) is 5.91 Å². The minimum absolute atomic E-state index is 0.00328. The molecule has 0 bridgehead atoms. The van der Waals surface area contributed by atoms with Crippen LogP contribution in [0, 0.1) is 5.92 Å². The molecule has 0 spiro atoms. The van der Waals surface area contributed by atoms with Gasteiger partial charge in [-0.2, -0.15) is 0 Å². The van der Waals surface area contributed by atoms with Gasteiger partial charge >= 0.3 is 0 Å². The Morgan fingerprint density at radius 3 is 2.56 bits per heavy atom. The second-order valence-electron chi connectivity index (χ2n) is 7.69. The van der Waals surface area contributed by atoms with Crippen molar-refractivity contribution in [3.63, 3.8) is 0 Å². The Hall–Kier alpha value is -2.14. The molecule has 3 atom stereocenters. The third-order valence-electron chi connectivity index (χ3n) is 5.12. The van der Waals surface area contributed by atoms with Crippen LogP contribution in [0.15, 0.2) is 41.8 Å². The van der Waals surface area contributed by atoms with E-state index in [-0.39, 0.29) is 23.9 Å². The molecule has 5 heteroatoms. The number of amides is 2. The van der Waals surface area contributed by atoms with E-state index in [1.807, 2.05) is 53.6 Å². The predicted octanol–water partition coefficient (Wildman–Crippen LogP) is 4.60. The van der Waals surface area contributed by atoms with Gasteiger partial charge in [-0.25, -0.2) is 0 Å². The van der Waals surface area contributed by atoms with Crippen molar-refractivity contribution in [1.82, 2.24) is 10.2 Å². The first-order valence-corrected chi connectivity index (χ1v) is 10.6. The molecule has 1 N–H and O–H groups in total. The van der Waals surface area contributed by atoms with Gasteiger partial charge in [0, 0.05) is 23.0 Å². The third-order valence-corrected chi connectivity index (χ3v) is 6.06. The molecule has 27 heavy (non-hydrogen) atoms. The molecule has 1 aliphatic rings. The average molecular weight is 385 g/mol. The second kappa shape index (κ2) is 8.26. The minimum atomic E-state index is -0.398. The molecule has 0 fully saturated rings. The number of nitrogens with zero attached hydrogens (tertiary/aromatic N) is 1. The van der Waals surface area contributed by atoms with Gasteiger partial charge < -0.3 is 10.2 Å². The summed E-state index contributed by atoms with van der Waals surface area (Å²) in [5.74, 6) is -0.0630. The van der Waals surface area contributed by atoms with E-state index in [4.69, 9.17) is 0 Å². The second-order valence-corrected chi connectivity index (χ2v) is 8.67. The van der Waals surface area contributed by atoms with E-state index in [0.717, 1.165) is 16.9 Å². The Bertz CT molecular complexity index is 800. The first kappa shape index (κ1) is 19.6. The lowest BCUT2D eigenvalue weighted by Gasteiger charge is -2.42. The predicted molar refractivity (Wildman–Crippen MR) is 110 cm³/mol. The highest BCUT2D eigenvalue weighted by molar-refractivity contribution is 7.10. The number of thiophene rings is 1. The maximum Gasteiger partial charge on any atom is 0.254 e. The van der Waals surface area contributed by atoms with Gasteiger partial charge in [0.1, 0.15) is 0 Å².